The molecule has 2 heteroatoms. The molecule has 0 aliphatic rings. The first kappa shape index (κ1) is 30.3. The molecular weight excluding hydrogens is 581 g/mol. The molecular formula is C43H38S2. The average molecular weight is 619 g/mol. The quantitative estimate of drug-likeness (QED) is 0.134. The molecule has 0 radical (unpaired) electrons. The third kappa shape index (κ3) is 5.53. The van der Waals surface area contributed by atoms with E-state index in [1.807, 2.05) is 6.08 Å². The zero-order chi connectivity index (χ0) is 31.0. The van der Waals surface area contributed by atoms with Crippen LogP contribution in [0.4, 0.5) is 0 Å². The summed E-state index contributed by atoms with van der Waals surface area (Å²) in [6.07, 6.45) is 8.56. The van der Waals surface area contributed by atoms with Crippen LogP contribution in [0.1, 0.15) is 6.92 Å². The van der Waals surface area contributed by atoms with Crippen LogP contribution in [0.5, 0.6) is 0 Å². The monoisotopic (exact) mass is 618 g/mol. The smallest absolute Gasteiger partial charge is 0.00338 e. The van der Waals surface area contributed by atoms with Crippen LogP contribution < -0.4 is 0 Å². The second-order valence-corrected chi connectivity index (χ2v) is 16.8. The van der Waals surface area contributed by atoms with Gasteiger partial charge >= 0.3 is 0 Å². The van der Waals surface area contributed by atoms with Gasteiger partial charge in [0.15, 0.2) is 0 Å². The van der Waals surface area contributed by atoms with Crippen LogP contribution in [0, 0.1) is 0 Å². The third-order valence-corrected chi connectivity index (χ3v) is 15.8. The van der Waals surface area contributed by atoms with E-state index in [9.17, 15) is 0 Å². The summed E-state index contributed by atoms with van der Waals surface area (Å²) in [7, 11) is -3.76. The Hall–Kier alpha value is -4.76. The van der Waals surface area contributed by atoms with E-state index in [-0.39, 0.29) is 0 Å². The molecule has 0 unspecified atom stereocenters. The van der Waals surface area contributed by atoms with Gasteiger partial charge in [0, 0.05) is 39.2 Å². The standard InChI is InChI=1S/C43H38S2/c1-3-21-36(22-4-2)44(37-23-10-5-11-24-37,38-25-12-6-13-26-38)42-33-20-34-43(35-42)45(39-27-14-7-15-28-39,40-29-16-8-17-30-40)41-31-18-9-19-32-41/h3-35H,1H2,2H3/b22-4-,36-21+. The molecule has 0 N–H and O–H groups in total. The summed E-state index contributed by atoms with van der Waals surface area (Å²) in [6, 6.07) is 64.7. The average Bonchev–Trinajstić information content (AvgIpc) is 3.12. The third-order valence-electron chi connectivity index (χ3n) is 7.96. The lowest BCUT2D eigenvalue weighted by molar-refractivity contribution is 1.20. The number of rotatable bonds is 10. The van der Waals surface area contributed by atoms with Crippen LogP contribution in [-0.2, 0) is 0 Å². The molecule has 0 aromatic heterocycles. The highest BCUT2D eigenvalue weighted by Crippen LogP contribution is 2.77. The molecule has 0 aliphatic carbocycles. The van der Waals surface area contributed by atoms with Gasteiger partial charge in [-0.15, -0.1) is 20.1 Å². The van der Waals surface area contributed by atoms with Crippen molar-refractivity contribution in [3.05, 3.63) is 212 Å². The molecule has 0 heterocycles. The fourth-order valence-electron chi connectivity index (χ4n) is 6.15. The molecule has 0 amide bonds. The molecule has 0 atom stereocenters. The van der Waals surface area contributed by atoms with Crippen LogP contribution in [0.3, 0.4) is 0 Å². The summed E-state index contributed by atoms with van der Waals surface area (Å²) >= 11 is 0. The van der Waals surface area contributed by atoms with Crippen molar-refractivity contribution in [2.75, 3.05) is 0 Å². The van der Waals surface area contributed by atoms with Gasteiger partial charge in [-0.2, -0.15) is 0 Å². The van der Waals surface area contributed by atoms with E-state index in [2.05, 4.69) is 208 Å². The minimum atomic E-state index is -1.91. The summed E-state index contributed by atoms with van der Waals surface area (Å²) in [5.41, 5.74) is 0. The Balaban J connectivity index is 1.77. The van der Waals surface area contributed by atoms with Gasteiger partial charge in [-0.25, -0.2) is 0 Å². The van der Waals surface area contributed by atoms with Crippen molar-refractivity contribution in [2.24, 2.45) is 0 Å². The summed E-state index contributed by atoms with van der Waals surface area (Å²) in [5.74, 6) is 0. The Morgan fingerprint density at radius 3 is 1.18 bits per heavy atom. The summed E-state index contributed by atoms with van der Waals surface area (Å²) < 4.78 is 0. The Labute approximate surface area is 271 Å². The molecule has 0 spiro atoms. The Morgan fingerprint density at radius 2 is 0.800 bits per heavy atom. The zero-order valence-electron chi connectivity index (χ0n) is 25.6. The zero-order valence-corrected chi connectivity index (χ0v) is 27.2. The molecule has 0 bridgehead atoms. The van der Waals surface area contributed by atoms with E-state index in [1.54, 1.807) is 0 Å². The minimum Gasteiger partial charge on any atom is -0.133 e. The van der Waals surface area contributed by atoms with Crippen molar-refractivity contribution < 1.29 is 0 Å². The lowest BCUT2D eigenvalue weighted by atomic mass is 10.3. The molecule has 0 nitrogen and oxygen atoms in total. The largest absolute Gasteiger partial charge is 0.133 e. The molecule has 6 aromatic carbocycles. The second kappa shape index (κ2) is 13.9. The summed E-state index contributed by atoms with van der Waals surface area (Å²) in [5, 5.41) is 0. The van der Waals surface area contributed by atoms with Gasteiger partial charge in [-0.3, -0.25) is 0 Å². The first-order valence-corrected chi connectivity index (χ1v) is 18.5. The van der Waals surface area contributed by atoms with Crippen molar-refractivity contribution in [3.63, 3.8) is 0 Å². The highest BCUT2D eigenvalue weighted by molar-refractivity contribution is 8.37. The predicted octanol–water partition coefficient (Wildman–Crippen LogP) is 13.0. The normalized spacial score (nSPS) is 13.0. The van der Waals surface area contributed by atoms with Gasteiger partial charge in [0.25, 0.3) is 0 Å². The Kier molecular flexibility index (Phi) is 9.35. The maximum absolute atomic E-state index is 4.16. The van der Waals surface area contributed by atoms with Crippen molar-refractivity contribution in [2.45, 2.75) is 41.2 Å². The maximum atomic E-state index is 4.16. The number of allylic oxidation sites excluding steroid dienone is 4. The highest BCUT2D eigenvalue weighted by Gasteiger charge is 2.37. The second-order valence-electron chi connectivity index (χ2n) is 10.6. The number of hydrogen-bond acceptors (Lipinski definition) is 0. The van der Waals surface area contributed by atoms with Crippen LogP contribution in [0.15, 0.2) is 246 Å². The predicted molar refractivity (Wildman–Crippen MR) is 195 cm³/mol. The maximum Gasteiger partial charge on any atom is 0.00338 e. The first-order valence-electron chi connectivity index (χ1n) is 15.2. The van der Waals surface area contributed by atoms with Gasteiger partial charge in [0.2, 0.25) is 0 Å². The van der Waals surface area contributed by atoms with E-state index >= 15 is 0 Å². The SMILES string of the molecule is C=C/C=C(\C=C/C)S(c1ccccc1)(c1ccccc1)c1cccc(S(c2ccccc2)(c2ccccc2)c2ccccc2)c1. The number of hydrogen-bond donors (Lipinski definition) is 0. The minimum absolute atomic E-state index is 1.24. The van der Waals surface area contributed by atoms with Crippen LogP contribution >= 0.6 is 20.1 Å². The summed E-state index contributed by atoms with van der Waals surface area (Å²) in [4.78, 5) is 10.4. The fraction of sp³-hybridized carbons (Fsp3) is 0.0233. The Bertz CT molecular complexity index is 1760. The van der Waals surface area contributed by atoms with E-state index < -0.39 is 20.1 Å². The lowest BCUT2D eigenvalue weighted by Gasteiger charge is -2.45. The molecule has 0 aliphatic heterocycles. The summed E-state index contributed by atoms with van der Waals surface area (Å²) in [6.45, 7) is 6.26. The van der Waals surface area contributed by atoms with Crippen molar-refractivity contribution in [3.8, 4) is 0 Å². The molecule has 0 saturated heterocycles. The van der Waals surface area contributed by atoms with Crippen molar-refractivity contribution in [1.29, 1.82) is 0 Å². The molecule has 0 saturated carbocycles. The van der Waals surface area contributed by atoms with Gasteiger partial charge in [0.05, 0.1) is 0 Å². The van der Waals surface area contributed by atoms with E-state index in [0.717, 1.165) is 0 Å². The van der Waals surface area contributed by atoms with E-state index in [0.29, 0.717) is 0 Å². The lowest BCUT2D eigenvalue weighted by Crippen LogP contribution is -2.09. The Morgan fingerprint density at radius 1 is 0.444 bits per heavy atom. The first-order chi connectivity index (χ1) is 22.3. The molecule has 45 heavy (non-hydrogen) atoms. The topological polar surface area (TPSA) is 0 Å². The van der Waals surface area contributed by atoms with Crippen LogP contribution in [0.2, 0.25) is 0 Å². The molecule has 222 valence electrons. The molecule has 0 fully saturated rings. The van der Waals surface area contributed by atoms with Gasteiger partial charge in [-0.05, 0) is 91.9 Å². The van der Waals surface area contributed by atoms with E-state index in [1.165, 1.54) is 39.2 Å². The van der Waals surface area contributed by atoms with Crippen molar-refractivity contribution in [1.82, 2.24) is 0 Å². The van der Waals surface area contributed by atoms with E-state index in [4.69, 9.17) is 0 Å². The van der Waals surface area contributed by atoms with Gasteiger partial charge in [0.1, 0.15) is 0 Å². The molecule has 6 rings (SSSR count). The van der Waals surface area contributed by atoms with Crippen LogP contribution in [-0.4, -0.2) is 0 Å². The fourth-order valence-corrected chi connectivity index (χ4v) is 14.1. The highest BCUT2D eigenvalue weighted by atomic mass is 32.3. The van der Waals surface area contributed by atoms with Gasteiger partial charge in [-0.1, -0.05) is 122 Å². The van der Waals surface area contributed by atoms with Gasteiger partial charge < -0.3 is 0 Å². The molecule has 6 aromatic rings. The van der Waals surface area contributed by atoms with Crippen LogP contribution in [0.25, 0.3) is 0 Å². The van der Waals surface area contributed by atoms with Crippen molar-refractivity contribution >= 4 is 20.1 Å². The number of benzene rings is 6.